The fourth-order valence-electron chi connectivity index (χ4n) is 2.39. The Morgan fingerprint density at radius 2 is 1.85 bits per heavy atom. The monoisotopic (exact) mass is 270 g/mol. The van der Waals surface area contributed by atoms with E-state index in [9.17, 15) is 5.11 Å². The minimum atomic E-state index is 0.253. The van der Waals surface area contributed by atoms with Crippen molar-refractivity contribution in [2.75, 3.05) is 31.1 Å². The standard InChI is InChI=1S/C15H18N4O/c20-14-5-2-1-4-13(14)12-10-17-15(18-11-12)19-8-3-6-16-7-9-19/h1-2,4-5,10-11,16,20H,3,6-9H2. The van der Waals surface area contributed by atoms with Crippen LogP contribution in [-0.2, 0) is 0 Å². The van der Waals surface area contributed by atoms with Gasteiger partial charge < -0.3 is 15.3 Å². The van der Waals surface area contributed by atoms with Crippen LogP contribution in [0, 0.1) is 0 Å². The lowest BCUT2D eigenvalue weighted by molar-refractivity contribution is 0.477. The van der Waals surface area contributed by atoms with Crippen molar-refractivity contribution >= 4 is 5.95 Å². The molecule has 0 bridgehead atoms. The van der Waals surface area contributed by atoms with Crippen molar-refractivity contribution in [2.45, 2.75) is 6.42 Å². The summed E-state index contributed by atoms with van der Waals surface area (Å²) in [6.45, 7) is 3.91. The van der Waals surface area contributed by atoms with E-state index in [1.165, 1.54) is 0 Å². The third-order valence-electron chi connectivity index (χ3n) is 3.48. The van der Waals surface area contributed by atoms with Gasteiger partial charge in [-0.25, -0.2) is 9.97 Å². The maximum Gasteiger partial charge on any atom is 0.225 e. The third kappa shape index (κ3) is 2.72. The number of anilines is 1. The van der Waals surface area contributed by atoms with Gasteiger partial charge in [-0.3, -0.25) is 0 Å². The largest absolute Gasteiger partial charge is 0.507 e. The first-order valence-corrected chi connectivity index (χ1v) is 6.91. The van der Waals surface area contributed by atoms with E-state index in [4.69, 9.17) is 0 Å². The molecule has 1 aliphatic rings. The van der Waals surface area contributed by atoms with E-state index in [0.717, 1.165) is 49.7 Å². The molecule has 1 fully saturated rings. The molecule has 20 heavy (non-hydrogen) atoms. The van der Waals surface area contributed by atoms with Crippen molar-refractivity contribution in [1.29, 1.82) is 0 Å². The molecule has 3 rings (SSSR count). The Balaban J connectivity index is 1.82. The first-order chi connectivity index (χ1) is 9.84. The van der Waals surface area contributed by atoms with Crippen molar-refractivity contribution in [3.05, 3.63) is 36.7 Å². The van der Waals surface area contributed by atoms with Gasteiger partial charge in [0.2, 0.25) is 5.95 Å². The molecule has 0 unspecified atom stereocenters. The highest BCUT2D eigenvalue weighted by Gasteiger charge is 2.12. The number of phenols is 1. The molecule has 5 heteroatoms. The molecule has 0 amide bonds. The second kappa shape index (κ2) is 5.88. The number of para-hydroxylation sites is 1. The molecular weight excluding hydrogens is 252 g/mol. The maximum atomic E-state index is 9.84. The summed E-state index contributed by atoms with van der Waals surface area (Å²) in [5.74, 6) is 1.01. The van der Waals surface area contributed by atoms with Crippen molar-refractivity contribution in [2.24, 2.45) is 0 Å². The molecular formula is C15H18N4O. The summed E-state index contributed by atoms with van der Waals surface area (Å²) in [6, 6.07) is 7.23. The van der Waals surface area contributed by atoms with Crippen molar-refractivity contribution in [3.63, 3.8) is 0 Å². The Morgan fingerprint density at radius 1 is 1.05 bits per heavy atom. The maximum absolute atomic E-state index is 9.84. The molecule has 0 aliphatic carbocycles. The van der Waals surface area contributed by atoms with E-state index < -0.39 is 0 Å². The molecule has 5 nitrogen and oxygen atoms in total. The number of aromatic hydroxyl groups is 1. The van der Waals surface area contributed by atoms with Crippen LogP contribution in [0.3, 0.4) is 0 Å². The van der Waals surface area contributed by atoms with E-state index in [-0.39, 0.29) is 5.75 Å². The molecule has 2 heterocycles. The number of nitrogens with zero attached hydrogens (tertiary/aromatic N) is 3. The smallest absolute Gasteiger partial charge is 0.225 e. The zero-order valence-corrected chi connectivity index (χ0v) is 11.3. The fourth-order valence-corrected chi connectivity index (χ4v) is 2.39. The lowest BCUT2D eigenvalue weighted by Crippen LogP contribution is -2.29. The lowest BCUT2D eigenvalue weighted by atomic mass is 10.1. The van der Waals surface area contributed by atoms with Gasteiger partial charge in [0.15, 0.2) is 0 Å². The van der Waals surface area contributed by atoms with Crippen LogP contribution in [0.1, 0.15) is 6.42 Å². The SMILES string of the molecule is Oc1ccccc1-c1cnc(N2CCCNCC2)nc1. The normalized spacial score (nSPS) is 15.9. The number of hydrogen-bond acceptors (Lipinski definition) is 5. The molecule has 0 atom stereocenters. The van der Waals surface area contributed by atoms with E-state index in [1.807, 2.05) is 12.1 Å². The number of phenolic OH excluding ortho intramolecular Hbond substituents is 1. The number of rotatable bonds is 2. The minimum absolute atomic E-state index is 0.253. The van der Waals surface area contributed by atoms with E-state index in [1.54, 1.807) is 24.5 Å². The Bertz CT molecular complexity index is 562. The quantitative estimate of drug-likeness (QED) is 0.869. The number of benzene rings is 1. The van der Waals surface area contributed by atoms with Gasteiger partial charge in [-0.15, -0.1) is 0 Å². The molecule has 104 valence electrons. The average Bonchev–Trinajstić information content (AvgIpc) is 2.77. The van der Waals surface area contributed by atoms with Crippen LogP contribution < -0.4 is 10.2 Å². The summed E-state index contributed by atoms with van der Waals surface area (Å²) in [4.78, 5) is 11.1. The zero-order chi connectivity index (χ0) is 13.8. The summed E-state index contributed by atoms with van der Waals surface area (Å²) in [6.07, 6.45) is 4.65. The highest BCUT2D eigenvalue weighted by molar-refractivity contribution is 5.68. The van der Waals surface area contributed by atoms with Crippen molar-refractivity contribution in [1.82, 2.24) is 15.3 Å². The van der Waals surface area contributed by atoms with Crippen LogP contribution in [0.2, 0.25) is 0 Å². The Hall–Kier alpha value is -2.14. The summed E-state index contributed by atoms with van der Waals surface area (Å²) in [7, 11) is 0. The number of nitrogens with one attached hydrogen (secondary N) is 1. The molecule has 1 aromatic carbocycles. The third-order valence-corrected chi connectivity index (χ3v) is 3.48. The zero-order valence-electron chi connectivity index (χ0n) is 11.3. The van der Waals surface area contributed by atoms with Gasteiger partial charge in [0, 0.05) is 43.2 Å². The average molecular weight is 270 g/mol. The fraction of sp³-hybridized carbons (Fsp3) is 0.333. The van der Waals surface area contributed by atoms with Gasteiger partial charge in [0.25, 0.3) is 0 Å². The second-order valence-electron chi connectivity index (χ2n) is 4.88. The highest BCUT2D eigenvalue weighted by atomic mass is 16.3. The molecule has 2 N–H and O–H groups in total. The lowest BCUT2D eigenvalue weighted by Gasteiger charge is -2.19. The highest BCUT2D eigenvalue weighted by Crippen LogP contribution is 2.27. The molecule has 0 radical (unpaired) electrons. The van der Waals surface area contributed by atoms with Crippen LogP contribution in [0.25, 0.3) is 11.1 Å². The Kier molecular flexibility index (Phi) is 3.78. The first kappa shape index (κ1) is 12.9. The predicted molar refractivity (Wildman–Crippen MR) is 78.8 cm³/mol. The van der Waals surface area contributed by atoms with E-state index in [2.05, 4.69) is 20.2 Å². The van der Waals surface area contributed by atoms with Gasteiger partial charge >= 0.3 is 0 Å². The van der Waals surface area contributed by atoms with Gasteiger partial charge in [-0.05, 0) is 19.0 Å². The summed E-state index contributed by atoms with van der Waals surface area (Å²) < 4.78 is 0. The second-order valence-corrected chi connectivity index (χ2v) is 4.88. The molecule has 0 spiro atoms. The predicted octanol–water partition coefficient (Wildman–Crippen LogP) is 1.65. The summed E-state index contributed by atoms with van der Waals surface area (Å²) in [5.41, 5.74) is 1.59. The van der Waals surface area contributed by atoms with E-state index in [0.29, 0.717) is 0 Å². The molecule has 2 aromatic rings. The molecule has 1 aliphatic heterocycles. The van der Waals surface area contributed by atoms with Gasteiger partial charge in [-0.1, -0.05) is 18.2 Å². The number of aromatic nitrogens is 2. The van der Waals surface area contributed by atoms with Crippen LogP contribution in [0.15, 0.2) is 36.7 Å². The number of hydrogen-bond donors (Lipinski definition) is 2. The van der Waals surface area contributed by atoms with Crippen molar-refractivity contribution < 1.29 is 5.11 Å². The summed E-state index contributed by atoms with van der Waals surface area (Å²) in [5, 5.41) is 13.2. The van der Waals surface area contributed by atoms with Gasteiger partial charge in [0.05, 0.1) is 0 Å². The van der Waals surface area contributed by atoms with Crippen LogP contribution >= 0.6 is 0 Å². The van der Waals surface area contributed by atoms with Crippen LogP contribution in [0.5, 0.6) is 5.75 Å². The van der Waals surface area contributed by atoms with Crippen LogP contribution in [-0.4, -0.2) is 41.3 Å². The molecule has 1 aromatic heterocycles. The van der Waals surface area contributed by atoms with Gasteiger partial charge in [-0.2, -0.15) is 0 Å². The van der Waals surface area contributed by atoms with Crippen LogP contribution in [0.4, 0.5) is 5.95 Å². The van der Waals surface area contributed by atoms with Gasteiger partial charge in [0.1, 0.15) is 5.75 Å². The molecule has 1 saturated heterocycles. The Labute approximate surface area is 118 Å². The van der Waals surface area contributed by atoms with E-state index >= 15 is 0 Å². The first-order valence-electron chi connectivity index (χ1n) is 6.91. The molecule has 0 saturated carbocycles. The Morgan fingerprint density at radius 3 is 2.65 bits per heavy atom. The topological polar surface area (TPSA) is 61.3 Å². The van der Waals surface area contributed by atoms with Crippen molar-refractivity contribution in [3.8, 4) is 16.9 Å². The summed E-state index contributed by atoms with van der Waals surface area (Å²) >= 11 is 0. The minimum Gasteiger partial charge on any atom is -0.507 e.